The van der Waals surface area contributed by atoms with Crippen molar-refractivity contribution >= 4 is 32.8 Å². The maximum atomic E-state index is 13.6. The van der Waals surface area contributed by atoms with Gasteiger partial charge in [-0.25, -0.2) is 12.8 Å². The minimum Gasteiger partial charge on any atom is -0.319 e. The number of carbonyl (C=O) groups is 1. The second-order valence-corrected chi connectivity index (χ2v) is 7.58. The number of nitrogens with one attached hydrogen (secondary N) is 1. The van der Waals surface area contributed by atoms with Crippen LogP contribution in [-0.2, 0) is 9.84 Å². The Kier molecular flexibility index (Phi) is 3.92. The highest BCUT2D eigenvalue weighted by molar-refractivity contribution is 7.90. The second-order valence-electron chi connectivity index (χ2n) is 4.28. The van der Waals surface area contributed by atoms with E-state index < -0.39 is 21.6 Å². The quantitative estimate of drug-likeness (QED) is 0.886. The molecule has 0 aliphatic heterocycles. The Balaban J connectivity index is 2.31. The van der Waals surface area contributed by atoms with Crippen LogP contribution in [0.5, 0.6) is 0 Å². The largest absolute Gasteiger partial charge is 0.319 e. The molecule has 0 aliphatic rings. The van der Waals surface area contributed by atoms with Crippen LogP contribution in [0.15, 0.2) is 35.2 Å². The predicted octanol–water partition coefficient (Wildman–Crippen LogP) is 2.85. The Hall–Kier alpha value is -1.73. The number of benzene rings is 1. The van der Waals surface area contributed by atoms with Gasteiger partial charge in [0.2, 0.25) is 0 Å². The average molecular weight is 313 g/mol. The highest BCUT2D eigenvalue weighted by Crippen LogP contribution is 2.22. The first-order valence-corrected chi connectivity index (χ1v) is 8.35. The zero-order chi connectivity index (χ0) is 14.9. The van der Waals surface area contributed by atoms with Crippen LogP contribution >= 0.6 is 11.3 Å². The van der Waals surface area contributed by atoms with E-state index in [1.165, 1.54) is 11.3 Å². The van der Waals surface area contributed by atoms with Crippen molar-refractivity contribution in [3.05, 3.63) is 45.9 Å². The van der Waals surface area contributed by atoms with Crippen molar-refractivity contribution in [2.24, 2.45) is 0 Å². The minimum absolute atomic E-state index is 0.0449. The highest BCUT2D eigenvalue weighted by atomic mass is 32.2. The van der Waals surface area contributed by atoms with E-state index in [0.717, 1.165) is 29.3 Å². The van der Waals surface area contributed by atoms with Crippen LogP contribution in [0.25, 0.3) is 0 Å². The summed E-state index contributed by atoms with van der Waals surface area (Å²) in [4.78, 5) is 13.3. The molecule has 0 bridgehead atoms. The number of hydrogen-bond acceptors (Lipinski definition) is 4. The molecule has 1 heterocycles. The van der Waals surface area contributed by atoms with Crippen LogP contribution in [0.1, 0.15) is 14.5 Å². The smallest absolute Gasteiger partial charge is 0.265 e. The topological polar surface area (TPSA) is 63.2 Å². The molecule has 1 aromatic heterocycles. The monoisotopic (exact) mass is 313 g/mol. The summed E-state index contributed by atoms with van der Waals surface area (Å²) in [5, 5.41) is 2.38. The highest BCUT2D eigenvalue weighted by Gasteiger charge is 2.14. The molecule has 7 heteroatoms. The molecule has 0 atom stereocenters. The molecule has 2 aromatic rings. The lowest BCUT2D eigenvalue weighted by atomic mass is 10.3. The molecule has 4 nitrogen and oxygen atoms in total. The van der Waals surface area contributed by atoms with Gasteiger partial charge in [-0.05, 0) is 37.3 Å². The third kappa shape index (κ3) is 3.23. The van der Waals surface area contributed by atoms with E-state index in [4.69, 9.17) is 0 Å². The van der Waals surface area contributed by atoms with Gasteiger partial charge in [0.05, 0.1) is 15.5 Å². The van der Waals surface area contributed by atoms with E-state index in [-0.39, 0.29) is 10.6 Å². The van der Waals surface area contributed by atoms with E-state index >= 15 is 0 Å². The molecule has 1 amide bonds. The lowest BCUT2D eigenvalue weighted by Crippen LogP contribution is -2.12. The summed E-state index contributed by atoms with van der Waals surface area (Å²) in [6.45, 7) is 1.85. The molecule has 0 fully saturated rings. The Morgan fingerprint density at radius 2 is 1.95 bits per heavy atom. The molecule has 20 heavy (non-hydrogen) atoms. The number of thiophene rings is 1. The molecule has 0 saturated heterocycles. The van der Waals surface area contributed by atoms with Crippen LogP contribution in [-0.4, -0.2) is 20.6 Å². The molecular weight excluding hydrogens is 301 g/mol. The zero-order valence-corrected chi connectivity index (χ0v) is 12.4. The number of carbonyl (C=O) groups excluding carboxylic acids is 1. The summed E-state index contributed by atoms with van der Waals surface area (Å²) in [5.74, 6) is -1.15. The zero-order valence-electron chi connectivity index (χ0n) is 10.8. The Bertz CT molecular complexity index is 766. The van der Waals surface area contributed by atoms with Gasteiger partial charge in [0.15, 0.2) is 9.84 Å². The summed E-state index contributed by atoms with van der Waals surface area (Å²) < 4.78 is 36.5. The van der Waals surface area contributed by atoms with Gasteiger partial charge in [-0.3, -0.25) is 4.79 Å². The molecule has 1 aromatic carbocycles. The van der Waals surface area contributed by atoms with Crippen molar-refractivity contribution in [1.29, 1.82) is 0 Å². The number of hydrogen-bond donors (Lipinski definition) is 1. The first kappa shape index (κ1) is 14.7. The molecule has 0 radical (unpaired) electrons. The molecular formula is C13H12FNO3S2. The van der Waals surface area contributed by atoms with Gasteiger partial charge >= 0.3 is 0 Å². The van der Waals surface area contributed by atoms with Crippen molar-refractivity contribution in [3.63, 3.8) is 0 Å². The van der Waals surface area contributed by atoms with E-state index in [1.807, 2.05) is 6.92 Å². The lowest BCUT2D eigenvalue weighted by molar-refractivity contribution is 0.103. The summed E-state index contributed by atoms with van der Waals surface area (Å²) in [6.07, 6.45) is 1.02. The van der Waals surface area contributed by atoms with Gasteiger partial charge in [0.25, 0.3) is 5.91 Å². The average Bonchev–Trinajstić information content (AvgIpc) is 2.77. The SMILES string of the molecule is Cc1ccc(C(=O)Nc2cc(S(C)(=O)=O)ccc2F)s1. The standard InChI is InChI=1S/C13H12FNO3S2/c1-8-3-6-12(19-8)13(16)15-11-7-9(20(2,17)18)4-5-10(11)14/h3-7H,1-2H3,(H,15,16). The molecule has 106 valence electrons. The van der Waals surface area contributed by atoms with Gasteiger partial charge in [0.1, 0.15) is 5.82 Å². The summed E-state index contributed by atoms with van der Waals surface area (Å²) in [7, 11) is -3.45. The van der Waals surface area contributed by atoms with Crippen molar-refractivity contribution in [2.45, 2.75) is 11.8 Å². The summed E-state index contributed by atoms with van der Waals surface area (Å²) in [5.41, 5.74) is -0.149. The molecule has 0 spiro atoms. The van der Waals surface area contributed by atoms with E-state index in [1.54, 1.807) is 12.1 Å². The Morgan fingerprint density at radius 3 is 2.50 bits per heavy atom. The van der Waals surface area contributed by atoms with Crippen molar-refractivity contribution in [2.75, 3.05) is 11.6 Å². The first-order chi connectivity index (χ1) is 9.27. The normalized spacial score (nSPS) is 11.3. The number of aryl methyl sites for hydroxylation is 1. The number of rotatable bonds is 3. The van der Waals surface area contributed by atoms with Crippen molar-refractivity contribution in [1.82, 2.24) is 0 Å². The molecule has 0 unspecified atom stereocenters. The molecule has 1 N–H and O–H groups in total. The minimum atomic E-state index is -3.45. The van der Waals surface area contributed by atoms with Gasteiger partial charge in [-0.15, -0.1) is 11.3 Å². The molecule has 0 saturated carbocycles. The van der Waals surface area contributed by atoms with Crippen LogP contribution in [0, 0.1) is 12.7 Å². The number of anilines is 1. The van der Waals surface area contributed by atoms with E-state index in [0.29, 0.717) is 4.88 Å². The number of sulfone groups is 1. The number of amides is 1. The van der Waals surface area contributed by atoms with Gasteiger partial charge in [0, 0.05) is 11.1 Å². The van der Waals surface area contributed by atoms with Gasteiger partial charge < -0.3 is 5.32 Å². The second kappa shape index (κ2) is 5.34. The lowest BCUT2D eigenvalue weighted by Gasteiger charge is -2.07. The van der Waals surface area contributed by atoms with Crippen LogP contribution < -0.4 is 5.32 Å². The van der Waals surface area contributed by atoms with Crippen LogP contribution in [0.4, 0.5) is 10.1 Å². The third-order valence-electron chi connectivity index (χ3n) is 2.58. The predicted molar refractivity (Wildman–Crippen MR) is 76.5 cm³/mol. The molecule has 0 aliphatic carbocycles. The maximum absolute atomic E-state index is 13.6. The third-order valence-corrected chi connectivity index (χ3v) is 4.69. The van der Waals surface area contributed by atoms with Crippen molar-refractivity contribution < 1.29 is 17.6 Å². The maximum Gasteiger partial charge on any atom is 0.265 e. The van der Waals surface area contributed by atoms with E-state index in [9.17, 15) is 17.6 Å². The van der Waals surface area contributed by atoms with E-state index in [2.05, 4.69) is 5.32 Å². The van der Waals surface area contributed by atoms with Gasteiger partial charge in [-0.2, -0.15) is 0 Å². The fourth-order valence-electron chi connectivity index (χ4n) is 1.57. The number of halogens is 1. The fourth-order valence-corrected chi connectivity index (χ4v) is 2.98. The van der Waals surface area contributed by atoms with Crippen LogP contribution in [0.3, 0.4) is 0 Å². The van der Waals surface area contributed by atoms with Crippen molar-refractivity contribution in [3.8, 4) is 0 Å². The van der Waals surface area contributed by atoms with Crippen LogP contribution in [0.2, 0.25) is 0 Å². The Morgan fingerprint density at radius 1 is 1.25 bits per heavy atom. The van der Waals surface area contributed by atoms with Gasteiger partial charge in [-0.1, -0.05) is 0 Å². The molecule has 2 rings (SSSR count). The summed E-state index contributed by atoms with van der Waals surface area (Å²) in [6, 6.07) is 6.71. The Labute approximate surface area is 120 Å². The summed E-state index contributed by atoms with van der Waals surface area (Å²) >= 11 is 1.28. The first-order valence-electron chi connectivity index (χ1n) is 5.65. The fraction of sp³-hybridized carbons (Fsp3) is 0.154.